The number of thiazole rings is 1. The molecular formula is C25H19Cl2N5O2S. The lowest BCUT2D eigenvalue weighted by Crippen LogP contribution is -2.12. The predicted octanol–water partition coefficient (Wildman–Crippen LogP) is 6.65. The van der Waals surface area contributed by atoms with Gasteiger partial charge < -0.3 is 15.0 Å². The van der Waals surface area contributed by atoms with Gasteiger partial charge in [0.25, 0.3) is 0 Å². The van der Waals surface area contributed by atoms with E-state index in [1.807, 2.05) is 43.3 Å². The van der Waals surface area contributed by atoms with Crippen LogP contribution in [0.2, 0.25) is 10.0 Å². The van der Waals surface area contributed by atoms with Gasteiger partial charge in [0, 0.05) is 51.8 Å². The Kier molecular flexibility index (Phi) is 6.42. The topological polar surface area (TPSA) is 92.9 Å². The Balaban J connectivity index is 1.29. The molecule has 0 amide bonds. The fourth-order valence-electron chi connectivity index (χ4n) is 3.91. The van der Waals surface area contributed by atoms with Crippen LogP contribution < -0.4 is 5.32 Å². The Bertz CT molecular complexity index is 1550. The van der Waals surface area contributed by atoms with Crippen LogP contribution in [0.25, 0.3) is 32.7 Å². The Labute approximate surface area is 215 Å². The molecule has 0 atom stereocenters. The Morgan fingerprint density at radius 2 is 1.86 bits per heavy atom. The molecule has 5 aromatic rings. The van der Waals surface area contributed by atoms with Gasteiger partial charge >= 0.3 is 5.97 Å². The van der Waals surface area contributed by atoms with Gasteiger partial charge in [0.15, 0.2) is 5.69 Å². The summed E-state index contributed by atoms with van der Waals surface area (Å²) in [5.74, 6) is -0.312. The number of carboxylic acids is 1. The van der Waals surface area contributed by atoms with E-state index in [1.54, 1.807) is 6.07 Å². The normalized spacial score (nSPS) is 11.2. The maximum atomic E-state index is 11.1. The zero-order valence-corrected chi connectivity index (χ0v) is 20.8. The molecule has 0 unspecified atom stereocenters. The molecule has 3 heterocycles. The van der Waals surface area contributed by atoms with E-state index in [2.05, 4.69) is 30.9 Å². The van der Waals surface area contributed by atoms with Gasteiger partial charge in [-0.3, -0.25) is 0 Å². The number of aromatic carboxylic acids is 1. The summed E-state index contributed by atoms with van der Waals surface area (Å²) in [7, 11) is 0. The van der Waals surface area contributed by atoms with Crippen molar-refractivity contribution in [3.05, 3.63) is 81.7 Å². The van der Waals surface area contributed by atoms with Crippen molar-refractivity contribution in [2.45, 2.75) is 13.5 Å². The number of aromatic nitrogens is 4. The summed E-state index contributed by atoms with van der Waals surface area (Å²) in [6.07, 6.45) is 1.53. The first-order valence-electron chi connectivity index (χ1n) is 10.7. The summed E-state index contributed by atoms with van der Waals surface area (Å²) in [6.45, 7) is 3.41. The molecule has 0 fully saturated rings. The van der Waals surface area contributed by atoms with Crippen molar-refractivity contribution in [1.29, 1.82) is 0 Å². The number of fused-ring (bicyclic) bond motifs is 1. The van der Waals surface area contributed by atoms with Crippen molar-refractivity contribution in [3.63, 3.8) is 0 Å². The Morgan fingerprint density at radius 1 is 1.09 bits per heavy atom. The summed E-state index contributed by atoms with van der Waals surface area (Å²) in [5.41, 5.74) is 4.71. The van der Waals surface area contributed by atoms with E-state index < -0.39 is 5.97 Å². The predicted molar refractivity (Wildman–Crippen MR) is 141 cm³/mol. The van der Waals surface area contributed by atoms with E-state index in [0.717, 1.165) is 39.2 Å². The second-order valence-electron chi connectivity index (χ2n) is 7.89. The van der Waals surface area contributed by atoms with E-state index in [9.17, 15) is 4.79 Å². The molecule has 35 heavy (non-hydrogen) atoms. The summed E-state index contributed by atoms with van der Waals surface area (Å²) in [5, 5.41) is 16.9. The first-order valence-corrected chi connectivity index (χ1v) is 12.3. The molecule has 176 valence electrons. The number of carbonyl (C=O) groups is 1. The van der Waals surface area contributed by atoms with Gasteiger partial charge in [0.2, 0.25) is 0 Å². The average molecular weight is 524 g/mol. The van der Waals surface area contributed by atoms with Crippen molar-refractivity contribution in [2.24, 2.45) is 0 Å². The third-order valence-corrected chi connectivity index (χ3v) is 7.02. The molecule has 0 bridgehead atoms. The highest BCUT2D eigenvalue weighted by Gasteiger charge is 2.12. The van der Waals surface area contributed by atoms with Crippen LogP contribution >= 0.6 is 34.5 Å². The number of nitrogens with zero attached hydrogens (tertiary/aromatic N) is 4. The lowest BCUT2D eigenvalue weighted by Gasteiger charge is -2.11. The molecule has 2 aromatic carbocycles. The van der Waals surface area contributed by atoms with E-state index in [1.165, 1.54) is 23.0 Å². The minimum Gasteiger partial charge on any atom is -0.476 e. The van der Waals surface area contributed by atoms with Gasteiger partial charge in [-0.15, -0.1) is 11.3 Å². The number of anilines is 1. The number of hydrogen-bond donors (Lipinski definition) is 2. The van der Waals surface area contributed by atoms with Crippen LogP contribution in [0.5, 0.6) is 0 Å². The van der Waals surface area contributed by atoms with E-state index in [0.29, 0.717) is 28.1 Å². The number of nitrogens with one attached hydrogen (secondary N) is 1. The molecule has 7 nitrogen and oxygen atoms in total. The molecule has 0 aliphatic rings. The highest BCUT2D eigenvalue weighted by atomic mass is 35.5. The maximum Gasteiger partial charge on any atom is 0.355 e. The molecular weight excluding hydrogens is 505 g/mol. The number of aryl methyl sites for hydroxylation is 1. The largest absolute Gasteiger partial charge is 0.476 e. The van der Waals surface area contributed by atoms with Gasteiger partial charge in [-0.2, -0.15) is 0 Å². The van der Waals surface area contributed by atoms with Crippen LogP contribution in [0.15, 0.2) is 60.2 Å². The average Bonchev–Trinajstić information content (AvgIpc) is 3.46. The standard InChI is InChI=1S/C25H19Cl2N5O2S/c1-14-8-18-19(27)9-17(26)10-22(18)32(14)7-6-28-23-11-20(29-13-30-23)15-2-4-16(5-3-15)24-31-21(12-35-24)25(33)34/h2-5,8-13H,6-7H2,1H3,(H,33,34)(H,28,29,30). The molecule has 0 saturated carbocycles. The Hall–Kier alpha value is -3.46. The molecule has 0 aliphatic heterocycles. The van der Waals surface area contributed by atoms with Crippen LogP contribution in [-0.4, -0.2) is 37.1 Å². The number of hydrogen-bond acceptors (Lipinski definition) is 6. The van der Waals surface area contributed by atoms with Gasteiger partial charge in [0.1, 0.15) is 17.2 Å². The highest BCUT2D eigenvalue weighted by Crippen LogP contribution is 2.31. The number of rotatable bonds is 7. The fourth-order valence-corrected chi connectivity index (χ4v) is 5.24. The minimum absolute atomic E-state index is 0.0508. The van der Waals surface area contributed by atoms with Gasteiger partial charge in [-0.25, -0.2) is 19.7 Å². The summed E-state index contributed by atoms with van der Waals surface area (Å²) in [6, 6.07) is 15.3. The zero-order valence-electron chi connectivity index (χ0n) is 18.5. The number of carboxylic acid groups (broad SMARTS) is 1. The van der Waals surface area contributed by atoms with Crippen molar-refractivity contribution < 1.29 is 9.90 Å². The van der Waals surface area contributed by atoms with Crippen LogP contribution in [0, 0.1) is 6.92 Å². The fraction of sp³-hybridized carbons (Fsp3) is 0.120. The monoisotopic (exact) mass is 523 g/mol. The lowest BCUT2D eigenvalue weighted by atomic mass is 10.1. The first-order chi connectivity index (χ1) is 16.9. The molecule has 10 heteroatoms. The summed E-state index contributed by atoms with van der Waals surface area (Å²) in [4.78, 5) is 24.0. The van der Waals surface area contributed by atoms with Crippen molar-refractivity contribution in [2.75, 3.05) is 11.9 Å². The first kappa shape index (κ1) is 23.3. The van der Waals surface area contributed by atoms with Gasteiger partial charge in [-0.1, -0.05) is 47.5 Å². The van der Waals surface area contributed by atoms with Crippen LogP contribution in [0.4, 0.5) is 5.82 Å². The van der Waals surface area contributed by atoms with Crippen LogP contribution in [0.3, 0.4) is 0 Å². The summed E-state index contributed by atoms with van der Waals surface area (Å²) >= 11 is 13.9. The summed E-state index contributed by atoms with van der Waals surface area (Å²) < 4.78 is 2.18. The third-order valence-electron chi connectivity index (χ3n) is 5.60. The lowest BCUT2D eigenvalue weighted by molar-refractivity contribution is 0.0691. The molecule has 2 N–H and O–H groups in total. The number of benzene rings is 2. The molecule has 0 radical (unpaired) electrons. The second kappa shape index (κ2) is 9.65. The SMILES string of the molecule is Cc1cc2c(Cl)cc(Cl)cc2n1CCNc1cc(-c2ccc(-c3nc(C(=O)O)cs3)cc2)ncn1. The molecule has 5 rings (SSSR count). The smallest absolute Gasteiger partial charge is 0.355 e. The molecule has 0 spiro atoms. The maximum absolute atomic E-state index is 11.1. The van der Waals surface area contributed by atoms with Crippen molar-refractivity contribution >= 4 is 57.2 Å². The Morgan fingerprint density at radius 3 is 2.60 bits per heavy atom. The third kappa shape index (κ3) is 4.86. The molecule has 0 aliphatic carbocycles. The van der Waals surface area contributed by atoms with Crippen molar-refractivity contribution in [1.82, 2.24) is 19.5 Å². The van der Waals surface area contributed by atoms with E-state index >= 15 is 0 Å². The van der Waals surface area contributed by atoms with Crippen molar-refractivity contribution in [3.8, 4) is 21.8 Å². The van der Waals surface area contributed by atoms with E-state index in [-0.39, 0.29) is 5.69 Å². The number of halogens is 2. The quantitative estimate of drug-likeness (QED) is 0.248. The minimum atomic E-state index is -1.03. The van der Waals surface area contributed by atoms with Crippen LogP contribution in [-0.2, 0) is 6.54 Å². The molecule has 0 saturated heterocycles. The zero-order chi connectivity index (χ0) is 24.5. The van der Waals surface area contributed by atoms with E-state index in [4.69, 9.17) is 28.3 Å². The highest BCUT2D eigenvalue weighted by molar-refractivity contribution is 7.13. The van der Waals surface area contributed by atoms with Crippen LogP contribution in [0.1, 0.15) is 16.2 Å². The van der Waals surface area contributed by atoms with Gasteiger partial charge in [-0.05, 0) is 25.1 Å². The van der Waals surface area contributed by atoms with Gasteiger partial charge in [0.05, 0.1) is 16.2 Å². The second-order valence-corrected chi connectivity index (χ2v) is 9.60. The molecule has 3 aromatic heterocycles.